The Balaban J connectivity index is 1.59. The first-order valence-corrected chi connectivity index (χ1v) is 7.27. The van der Waals surface area contributed by atoms with Crippen molar-refractivity contribution in [1.82, 2.24) is 10.2 Å². The zero-order valence-corrected chi connectivity index (χ0v) is 11.5. The lowest BCUT2D eigenvalue weighted by molar-refractivity contribution is -0.122. The fourth-order valence-electron chi connectivity index (χ4n) is 2.89. The molecular weight excluding hydrogens is 250 g/mol. The second-order valence-electron chi connectivity index (χ2n) is 5.69. The molecule has 1 saturated heterocycles. The number of benzene rings is 1. The molecule has 1 N–H and O–H groups in total. The van der Waals surface area contributed by atoms with Crippen molar-refractivity contribution in [2.45, 2.75) is 37.3 Å². The van der Waals surface area contributed by atoms with Gasteiger partial charge in [0.1, 0.15) is 5.92 Å². The van der Waals surface area contributed by atoms with Gasteiger partial charge in [-0.1, -0.05) is 30.3 Å². The average molecular weight is 269 g/mol. The van der Waals surface area contributed by atoms with E-state index in [9.17, 15) is 10.1 Å². The van der Waals surface area contributed by atoms with Crippen LogP contribution in [0.1, 0.15) is 30.7 Å². The molecule has 1 amide bonds. The lowest BCUT2D eigenvalue weighted by Gasteiger charge is -2.17. The van der Waals surface area contributed by atoms with E-state index >= 15 is 0 Å². The van der Waals surface area contributed by atoms with Crippen molar-refractivity contribution in [3.63, 3.8) is 0 Å². The predicted molar refractivity (Wildman–Crippen MR) is 75.9 cm³/mol. The van der Waals surface area contributed by atoms with Crippen molar-refractivity contribution < 1.29 is 4.79 Å². The van der Waals surface area contributed by atoms with Crippen LogP contribution in [0.5, 0.6) is 0 Å². The standard InChI is InChI=1S/C16H19N3O/c17-10-15(12-4-2-1-3-5-12)16(20)18-13-8-9-19(11-13)14-6-7-14/h1-5,13-15H,6-9,11H2,(H,18,20). The second-order valence-corrected chi connectivity index (χ2v) is 5.69. The minimum Gasteiger partial charge on any atom is -0.351 e. The third-order valence-corrected chi connectivity index (χ3v) is 4.15. The molecule has 104 valence electrons. The maximum absolute atomic E-state index is 12.3. The molecule has 4 nitrogen and oxygen atoms in total. The lowest BCUT2D eigenvalue weighted by Crippen LogP contribution is -2.39. The molecule has 0 bridgehead atoms. The Morgan fingerprint density at radius 2 is 2.05 bits per heavy atom. The molecule has 20 heavy (non-hydrogen) atoms. The first kappa shape index (κ1) is 13.1. The summed E-state index contributed by atoms with van der Waals surface area (Å²) in [5.41, 5.74) is 0.768. The topological polar surface area (TPSA) is 56.1 Å². The molecule has 1 saturated carbocycles. The Bertz CT molecular complexity index is 518. The van der Waals surface area contributed by atoms with Crippen molar-refractivity contribution in [3.05, 3.63) is 35.9 Å². The largest absolute Gasteiger partial charge is 0.351 e. The maximum Gasteiger partial charge on any atom is 0.242 e. The Kier molecular flexibility index (Phi) is 3.70. The number of likely N-dealkylation sites (tertiary alicyclic amines) is 1. The van der Waals surface area contributed by atoms with Gasteiger partial charge in [0, 0.05) is 25.2 Å². The number of carbonyl (C=O) groups is 1. The molecule has 1 aromatic carbocycles. The number of nitrogens with one attached hydrogen (secondary N) is 1. The fraction of sp³-hybridized carbons (Fsp3) is 0.500. The summed E-state index contributed by atoms with van der Waals surface area (Å²) in [5, 5.41) is 12.3. The molecular formula is C16H19N3O. The normalized spacial score (nSPS) is 24.1. The Morgan fingerprint density at radius 3 is 2.70 bits per heavy atom. The highest BCUT2D eigenvalue weighted by molar-refractivity contribution is 5.86. The quantitative estimate of drug-likeness (QED) is 0.904. The van der Waals surface area contributed by atoms with Crippen LogP contribution in [0.2, 0.25) is 0 Å². The summed E-state index contributed by atoms with van der Waals surface area (Å²) >= 11 is 0. The van der Waals surface area contributed by atoms with E-state index in [0.29, 0.717) is 0 Å². The summed E-state index contributed by atoms with van der Waals surface area (Å²) in [6, 6.07) is 12.3. The first-order chi connectivity index (χ1) is 9.78. The molecule has 2 atom stereocenters. The van der Waals surface area contributed by atoms with Gasteiger partial charge in [0.25, 0.3) is 0 Å². The number of hydrogen-bond acceptors (Lipinski definition) is 3. The van der Waals surface area contributed by atoms with Crippen LogP contribution in [0.25, 0.3) is 0 Å². The number of amides is 1. The minimum absolute atomic E-state index is 0.165. The van der Waals surface area contributed by atoms with Gasteiger partial charge in [0.2, 0.25) is 5.91 Å². The van der Waals surface area contributed by atoms with Crippen LogP contribution >= 0.6 is 0 Å². The summed E-state index contributed by atoms with van der Waals surface area (Å²) in [5.74, 6) is -0.868. The third-order valence-electron chi connectivity index (χ3n) is 4.15. The van der Waals surface area contributed by atoms with Crippen LogP contribution < -0.4 is 5.32 Å². The maximum atomic E-state index is 12.3. The highest BCUT2D eigenvalue weighted by Gasteiger charge is 2.35. The van der Waals surface area contributed by atoms with Gasteiger partial charge in [-0.3, -0.25) is 9.69 Å². The van der Waals surface area contributed by atoms with E-state index in [2.05, 4.69) is 16.3 Å². The molecule has 1 aliphatic carbocycles. The van der Waals surface area contributed by atoms with Crippen LogP contribution in [0.15, 0.2) is 30.3 Å². The van der Waals surface area contributed by atoms with Gasteiger partial charge in [-0.15, -0.1) is 0 Å². The predicted octanol–water partition coefficient (Wildman–Crippen LogP) is 1.65. The van der Waals surface area contributed by atoms with Gasteiger partial charge >= 0.3 is 0 Å². The van der Waals surface area contributed by atoms with Gasteiger partial charge in [-0.2, -0.15) is 5.26 Å². The molecule has 2 aliphatic rings. The lowest BCUT2D eigenvalue weighted by atomic mass is 9.99. The van der Waals surface area contributed by atoms with E-state index in [-0.39, 0.29) is 11.9 Å². The summed E-state index contributed by atoms with van der Waals surface area (Å²) in [6.07, 6.45) is 3.59. The molecule has 0 radical (unpaired) electrons. The molecule has 1 aliphatic heterocycles. The molecule has 1 heterocycles. The van der Waals surface area contributed by atoms with Crippen LogP contribution in [0, 0.1) is 11.3 Å². The van der Waals surface area contributed by atoms with Crippen molar-refractivity contribution in [2.24, 2.45) is 0 Å². The summed E-state index contributed by atoms with van der Waals surface area (Å²) < 4.78 is 0. The monoisotopic (exact) mass is 269 g/mol. The molecule has 0 spiro atoms. The molecule has 1 aromatic rings. The van der Waals surface area contributed by atoms with E-state index in [1.165, 1.54) is 12.8 Å². The summed E-state index contributed by atoms with van der Waals surface area (Å²) in [4.78, 5) is 14.7. The zero-order chi connectivity index (χ0) is 13.9. The SMILES string of the molecule is N#CC(C(=O)NC1CCN(C2CC2)C1)c1ccccc1. The van der Waals surface area contributed by atoms with Gasteiger partial charge in [0.15, 0.2) is 0 Å². The highest BCUT2D eigenvalue weighted by Crippen LogP contribution is 2.30. The van der Waals surface area contributed by atoms with Crippen LogP contribution in [-0.2, 0) is 4.79 Å². The molecule has 4 heteroatoms. The zero-order valence-electron chi connectivity index (χ0n) is 11.5. The number of nitrogens with zero attached hydrogens (tertiary/aromatic N) is 2. The Labute approximate surface area is 119 Å². The Hall–Kier alpha value is -1.86. The van der Waals surface area contributed by atoms with Gasteiger partial charge in [-0.25, -0.2) is 0 Å². The molecule has 2 unspecified atom stereocenters. The van der Waals surface area contributed by atoms with Crippen molar-refractivity contribution in [2.75, 3.05) is 13.1 Å². The number of rotatable bonds is 4. The van der Waals surface area contributed by atoms with Gasteiger partial charge in [-0.05, 0) is 24.8 Å². The second kappa shape index (κ2) is 5.64. The minimum atomic E-state index is -0.703. The fourth-order valence-corrected chi connectivity index (χ4v) is 2.89. The van der Waals surface area contributed by atoms with E-state index < -0.39 is 5.92 Å². The molecule has 2 fully saturated rings. The third kappa shape index (κ3) is 2.83. The number of carbonyl (C=O) groups excluding carboxylic acids is 1. The first-order valence-electron chi connectivity index (χ1n) is 7.27. The van der Waals surface area contributed by atoms with Gasteiger partial charge in [0.05, 0.1) is 6.07 Å². The van der Waals surface area contributed by atoms with E-state index in [1.54, 1.807) is 0 Å². The van der Waals surface area contributed by atoms with Crippen molar-refractivity contribution >= 4 is 5.91 Å². The van der Waals surface area contributed by atoms with E-state index in [1.807, 2.05) is 30.3 Å². The van der Waals surface area contributed by atoms with Crippen LogP contribution in [0.4, 0.5) is 0 Å². The van der Waals surface area contributed by atoms with Crippen molar-refractivity contribution in [3.8, 4) is 6.07 Å². The van der Waals surface area contributed by atoms with Crippen LogP contribution in [0.3, 0.4) is 0 Å². The molecule has 3 rings (SSSR count). The average Bonchev–Trinajstić information content (AvgIpc) is 3.22. The highest BCUT2D eigenvalue weighted by atomic mass is 16.1. The summed E-state index contributed by atoms with van der Waals surface area (Å²) in [7, 11) is 0. The smallest absolute Gasteiger partial charge is 0.242 e. The number of nitriles is 1. The Morgan fingerprint density at radius 1 is 1.30 bits per heavy atom. The van der Waals surface area contributed by atoms with Crippen molar-refractivity contribution in [1.29, 1.82) is 5.26 Å². The molecule has 0 aromatic heterocycles. The number of hydrogen-bond donors (Lipinski definition) is 1. The van der Waals surface area contributed by atoms with Gasteiger partial charge < -0.3 is 5.32 Å². The van der Waals surface area contributed by atoms with E-state index in [4.69, 9.17) is 0 Å². The summed E-state index contributed by atoms with van der Waals surface area (Å²) in [6.45, 7) is 2.00. The van der Waals surface area contributed by atoms with E-state index in [0.717, 1.165) is 31.1 Å². The van der Waals surface area contributed by atoms with Crippen LogP contribution in [-0.4, -0.2) is 36.0 Å².